The summed E-state index contributed by atoms with van der Waals surface area (Å²) in [6, 6.07) is -0.638. The molecule has 0 aromatic rings. The average Bonchev–Trinajstić information content (AvgIpc) is 2.80. The number of methoxy groups -OCH3 is 1. The van der Waals surface area contributed by atoms with E-state index in [1.165, 1.54) is 7.11 Å². The molecule has 11 atom stereocenters. The van der Waals surface area contributed by atoms with Crippen molar-refractivity contribution in [2.75, 3.05) is 13.7 Å². The molecule has 2 bridgehead atoms. The highest BCUT2D eigenvalue weighted by atomic mass is 16.7. The van der Waals surface area contributed by atoms with Gasteiger partial charge in [-0.2, -0.15) is 0 Å². The molecule has 23 heavy (non-hydrogen) atoms. The molecular weight excluding hydrogens is 314 g/mol. The highest BCUT2D eigenvalue weighted by Crippen LogP contribution is 2.31. The minimum atomic E-state index is -1.64. The Hall–Kier alpha value is -0.400. The maximum absolute atomic E-state index is 10.2. The van der Waals surface area contributed by atoms with Crippen LogP contribution < -0.4 is 5.32 Å². The highest BCUT2D eigenvalue weighted by Gasteiger charge is 2.54. The Labute approximate surface area is 132 Å². The van der Waals surface area contributed by atoms with E-state index in [2.05, 4.69) is 5.32 Å². The Kier molecular flexibility index (Phi) is 4.91. The summed E-state index contributed by atoms with van der Waals surface area (Å²) in [5, 5.41) is 62.6. The van der Waals surface area contributed by atoms with E-state index in [0.717, 1.165) is 0 Å². The van der Waals surface area contributed by atoms with Gasteiger partial charge < -0.3 is 50.2 Å². The van der Waals surface area contributed by atoms with Crippen molar-refractivity contribution in [3.63, 3.8) is 0 Å². The maximum Gasteiger partial charge on any atom is 0.186 e. The number of hydrogen-bond donors (Lipinski definition) is 7. The monoisotopic (exact) mass is 337 g/mol. The first-order valence-corrected chi connectivity index (χ1v) is 7.52. The smallest absolute Gasteiger partial charge is 0.186 e. The summed E-state index contributed by atoms with van der Waals surface area (Å²) in [4.78, 5) is 0. The Bertz CT molecular complexity index is 426. The van der Waals surface area contributed by atoms with E-state index >= 15 is 0 Å². The third-order valence-electron chi connectivity index (χ3n) is 4.87. The molecule has 10 nitrogen and oxygen atoms in total. The van der Waals surface area contributed by atoms with E-state index in [0.29, 0.717) is 6.54 Å². The summed E-state index contributed by atoms with van der Waals surface area (Å²) < 4.78 is 16.1. The molecule has 7 N–H and O–H groups in total. The van der Waals surface area contributed by atoms with Crippen LogP contribution in [-0.2, 0) is 14.2 Å². The second kappa shape index (κ2) is 6.48. The molecule has 0 aromatic carbocycles. The molecule has 0 spiro atoms. The summed E-state index contributed by atoms with van der Waals surface area (Å²) in [6.45, 7) is 0.341. The van der Waals surface area contributed by atoms with Crippen LogP contribution in [0.4, 0.5) is 0 Å². The van der Waals surface area contributed by atoms with Gasteiger partial charge in [-0.1, -0.05) is 0 Å². The first-order valence-electron chi connectivity index (χ1n) is 7.52. The lowest BCUT2D eigenvalue weighted by Gasteiger charge is -2.45. The predicted octanol–water partition coefficient (Wildman–Crippen LogP) is -4.74. The molecule has 0 aromatic heterocycles. The lowest BCUT2D eigenvalue weighted by Crippen LogP contribution is -2.67. The van der Waals surface area contributed by atoms with E-state index in [-0.39, 0.29) is 0 Å². The molecule has 1 aliphatic carbocycles. The fourth-order valence-electron chi connectivity index (χ4n) is 3.48. The first-order chi connectivity index (χ1) is 10.9. The molecule has 10 heteroatoms. The third-order valence-corrected chi connectivity index (χ3v) is 4.87. The van der Waals surface area contributed by atoms with Crippen molar-refractivity contribution in [3.05, 3.63) is 0 Å². The SMILES string of the molecule is COC1C(O)C(O)C(O)C(O)C1OC1OC2CNC(C2O)C1O. The topological polar surface area (TPSA) is 161 Å². The summed E-state index contributed by atoms with van der Waals surface area (Å²) in [5.74, 6) is 0. The molecule has 2 aliphatic heterocycles. The van der Waals surface area contributed by atoms with Crippen LogP contribution in [-0.4, -0.2) is 112 Å². The lowest BCUT2D eigenvalue weighted by atomic mass is 9.84. The number of hydrogen-bond acceptors (Lipinski definition) is 10. The van der Waals surface area contributed by atoms with Crippen LogP contribution in [0, 0.1) is 0 Å². The highest BCUT2D eigenvalue weighted by molar-refractivity contribution is 5.03. The van der Waals surface area contributed by atoms with E-state index < -0.39 is 67.3 Å². The molecule has 2 saturated heterocycles. The van der Waals surface area contributed by atoms with Crippen molar-refractivity contribution in [2.24, 2.45) is 0 Å². The molecule has 3 rings (SSSR count). The summed E-state index contributed by atoms with van der Waals surface area (Å²) >= 11 is 0. The van der Waals surface area contributed by atoms with Crippen molar-refractivity contribution in [1.29, 1.82) is 0 Å². The van der Waals surface area contributed by atoms with Crippen LogP contribution in [0.15, 0.2) is 0 Å². The van der Waals surface area contributed by atoms with Gasteiger partial charge >= 0.3 is 0 Å². The molecule has 11 unspecified atom stereocenters. The van der Waals surface area contributed by atoms with Gasteiger partial charge in [0.2, 0.25) is 0 Å². The molecule has 2 heterocycles. The van der Waals surface area contributed by atoms with E-state index in [1.807, 2.05) is 0 Å². The molecule has 134 valence electrons. The second-order valence-corrected chi connectivity index (χ2v) is 6.22. The Morgan fingerprint density at radius 1 is 0.826 bits per heavy atom. The molecule has 0 radical (unpaired) electrons. The van der Waals surface area contributed by atoms with E-state index in [9.17, 15) is 30.6 Å². The maximum atomic E-state index is 10.2. The van der Waals surface area contributed by atoms with Crippen molar-refractivity contribution >= 4 is 0 Å². The van der Waals surface area contributed by atoms with Crippen LogP contribution in [0.5, 0.6) is 0 Å². The Balaban J connectivity index is 1.75. The standard InChI is InChI=1S/C13H23NO9/c1-21-11-9(19)7(17)8(18)10(20)12(11)23-13-6(16)4-5(15)3(22-13)2-14-4/h3-20H,2H2,1H3. The normalized spacial score (nSPS) is 56.7. The van der Waals surface area contributed by atoms with Crippen LogP contribution in [0.2, 0.25) is 0 Å². The molecule has 3 aliphatic rings. The predicted molar refractivity (Wildman–Crippen MR) is 72.2 cm³/mol. The van der Waals surface area contributed by atoms with Gasteiger partial charge in [0.25, 0.3) is 0 Å². The molecule has 0 amide bonds. The summed E-state index contributed by atoms with van der Waals surface area (Å²) in [7, 11) is 1.26. The zero-order valence-corrected chi connectivity index (χ0v) is 12.5. The minimum Gasteiger partial charge on any atom is -0.389 e. The fourth-order valence-corrected chi connectivity index (χ4v) is 3.48. The number of nitrogens with one attached hydrogen (secondary N) is 1. The van der Waals surface area contributed by atoms with Crippen LogP contribution in [0.3, 0.4) is 0 Å². The lowest BCUT2D eigenvalue weighted by molar-refractivity contribution is -0.317. The van der Waals surface area contributed by atoms with Gasteiger partial charge in [0.05, 0.1) is 12.1 Å². The zero-order valence-electron chi connectivity index (χ0n) is 12.5. The number of aliphatic hydroxyl groups is 6. The minimum absolute atomic E-state index is 0.341. The number of fused-ring (bicyclic) bond motifs is 2. The Morgan fingerprint density at radius 3 is 2.04 bits per heavy atom. The van der Waals surface area contributed by atoms with Crippen molar-refractivity contribution in [1.82, 2.24) is 5.32 Å². The van der Waals surface area contributed by atoms with Crippen LogP contribution in [0.1, 0.15) is 0 Å². The number of aliphatic hydroxyl groups excluding tert-OH is 6. The van der Waals surface area contributed by atoms with Gasteiger partial charge in [0, 0.05) is 13.7 Å². The summed E-state index contributed by atoms with van der Waals surface area (Å²) in [6.07, 6.45) is -12.5. The summed E-state index contributed by atoms with van der Waals surface area (Å²) in [5.41, 5.74) is 0. The Morgan fingerprint density at radius 2 is 1.43 bits per heavy atom. The largest absolute Gasteiger partial charge is 0.389 e. The van der Waals surface area contributed by atoms with Crippen molar-refractivity contribution in [3.8, 4) is 0 Å². The quantitative estimate of drug-likeness (QED) is 0.266. The van der Waals surface area contributed by atoms with E-state index in [4.69, 9.17) is 14.2 Å². The van der Waals surface area contributed by atoms with Crippen molar-refractivity contribution in [2.45, 2.75) is 67.3 Å². The van der Waals surface area contributed by atoms with Gasteiger partial charge in [-0.15, -0.1) is 0 Å². The van der Waals surface area contributed by atoms with Gasteiger partial charge in [0.1, 0.15) is 48.8 Å². The molecule has 1 saturated carbocycles. The number of ether oxygens (including phenoxy) is 3. The van der Waals surface area contributed by atoms with Crippen molar-refractivity contribution < 1.29 is 44.8 Å². The fraction of sp³-hybridized carbons (Fsp3) is 1.00. The molecule has 3 fully saturated rings. The second-order valence-electron chi connectivity index (χ2n) is 6.22. The first kappa shape index (κ1) is 17.4. The van der Waals surface area contributed by atoms with E-state index in [1.54, 1.807) is 0 Å². The third kappa shape index (κ3) is 2.78. The van der Waals surface area contributed by atoms with Gasteiger partial charge in [-0.05, 0) is 0 Å². The van der Waals surface area contributed by atoms with Gasteiger partial charge in [0.15, 0.2) is 6.29 Å². The van der Waals surface area contributed by atoms with Crippen LogP contribution in [0.25, 0.3) is 0 Å². The number of rotatable bonds is 3. The van der Waals surface area contributed by atoms with Crippen LogP contribution >= 0.6 is 0 Å². The molecular formula is C13H23NO9. The average molecular weight is 337 g/mol. The van der Waals surface area contributed by atoms with Gasteiger partial charge in [-0.25, -0.2) is 0 Å². The zero-order chi connectivity index (χ0) is 16.9. The van der Waals surface area contributed by atoms with Gasteiger partial charge in [-0.3, -0.25) is 0 Å².